The van der Waals surface area contributed by atoms with Gasteiger partial charge in [0.1, 0.15) is 59.3 Å². The van der Waals surface area contributed by atoms with E-state index in [0.29, 0.717) is 0 Å². The molecule has 2 aliphatic rings. The van der Waals surface area contributed by atoms with Crippen LogP contribution in [0.25, 0.3) is 0 Å². The lowest BCUT2D eigenvalue weighted by atomic mass is 9.90. The molecular formula is C20H28O12. The number of phenols is 1. The second kappa shape index (κ2) is 9.55. The normalized spacial score (nSPS) is 37.4. The third-order valence-electron chi connectivity index (χ3n) is 5.72. The zero-order chi connectivity index (χ0) is 23.8. The highest BCUT2D eigenvalue weighted by molar-refractivity contribution is 5.99. The van der Waals surface area contributed by atoms with Crippen LogP contribution in [-0.2, 0) is 14.2 Å². The lowest BCUT2D eigenvalue weighted by Gasteiger charge is -2.41. The molecule has 12 heteroatoms. The Hall–Kier alpha value is -1.87. The van der Waals surface area contributed by atoms with Gasteiger partial charge in [-0.25, -0.2) is 0 Å². The van der Waals surface area contributed by atoms with E-state index in [9.17, 15) is 40.5 Å². The average Bonchev–Trinajstić information content (AvgIpc) is 3.05. The Morgan fingerprint density at radius 3 is 2.44 bits per heavy atom. The van der Waals surface area contributed by atoms with Gasteiger partial charge in [-0.15, -0.1) is 0 Å². The van der Waals surface area contributed by atoms with E-state index < -0.39 is 73.3 Å². The number of benzene rings is 1. The van der Waals surface area contributed by atoms with E-state index in [0.717, 1.165) is 0 Å². The van der Waals surface area contributed by atoms with E-state index in [2.05, 4.69) is 0 Å². The van der Waals surface area contributed by atoms with Gasteiger partial charge in [0.25, 0.3) is 0 Å². The average molecular weight is 460 g/mol. The minimum absolute atomic E-state index is 0.0301. The van der Waals surface area contributed by atoms with Gasteiger partial charge in [0, 0.05) is 0 Å². The Kier molecular flexibility index (Phi) is 7.39. The van der Waals surface area contributed by atoms with Gasteiger partial charge in [-0.2, -0.15) is 0 Å². The molecule has 0 unspecified atom stereocenters. The zero-order valence-electron chi connectivity index (χ0n) is 17.5. The molecule has 2 aliphatic heterocycles. The molecule has 0 aliphatic carbocycles. The number of aromatic hydroxyl groups is 1. The van der Waals surface area contributed by atoms with E-state index in [-0.39, 0.29) is 23.5 Å². The van der Waals surface area contributed by atoms with Crippen LogP contribution in [0, 0.1) is 0 Å². The van der Waals surface area contributed by atoms with Gasteiger partial charge in [-0.1, -0.05) is 0 Å². The number of aliphatic hydroxyl groups is 6. The second-order valence-electron chi connectivity index (χ2n) is 7.96. The predicted molar refractivity (Wildman–Crippen MR) is 104 cm³/mol. The maximum Gasteiger partial charge on any atom is 0.186 e. The lowest BCUT2D eigenvalue weighted by Crippen LogP contribution is -2.56. The summed E-state index contributed by atoms with van der Waals surface area (Å²) in [4.78, 5) is 11.8. The number of phenolic OH excluding ortho intramolecular Hbond substituents is 1. The number of ketones is 1. The summed E-state index contributed by atoms with van der Waals surface area (Å²) in [6.45, 7) is -0.312. The van der Waals surface area contributed by atoms with Crippen LogP contribution in [0.2, 0.25) is 0 Å². The maximum atomic E-state index is 11.8. The Morgan fingerprint density at radius 1 is 1.19 bits per heavy atom. The summed E-state index contributed by atoms with van der Waals surface area (Å²) < 4.78 is 21.3. The van der Waals surface area contributed by atoms with E-state index in [1.165, 1.54) is 26.2 Å². The Morgan fingerprint density at radius 2 is 1.88 bits per heavy atom. The molecule has 0 aromatic heterocycles. The number of hydrogen-bond acceptors (Lipinski definition) is 12. The topological polar surface area (TPSA) is 196 Å². The zero-order valence-corrected chi connectivity index (χ0v) is 17.5. The van der Waals surface area contributed by atoms with Crippen LogP contribution in [0.1, 0.15) is 28.9 Å². The third-order valence-corrected chi connectivity index (χ3v) is 5.72. The van der Waals surface area contributed by atoms with Gasteiger partial charge >= 0.3 is 0 Å². The fourth-order valence-electron chi connectivity index (χ4n) is 3.79. The number of carbonyl (C=O) groups excluding carboxylic acids is 1. The van der Waals surface area contributed by atoms with E-state index >= 15 is 0 Å². The van der Waals surface area contributed by atoms with Gasteiger partial charge in [-0.05, 0) is 24.6 Å². The largest absolute Gasteiger partial charge is 0.507 e. The quantitative estimate of drug-likeness (QED) is 0.213. The number of carbonyl (C=O) groups is 1. The highest BCUT2D eigenvalue weighted by atomic mass is 16.7. The van der Waals surface area contributed by atoms with Crippen molar-refractivity contribution in [2.75, 3.05) is 26.9 Å². The standard InChI is InChI=1S/C20H28O12/c1-8(22)13-10(23)3-9(4-11(13)29-2)17-16(26)15(25)14(24)12(32-17)5-30-19-18(27)20(28,6-21)7-31-19/h3-4,12,14-19,21,23-28H,5-7H2,1-2H3/t12-,14-,15+,16-,17+,18+,19-,20-/m1/s1. The van der Waals surface area contributed by atoms with Crippen LogP contribution in [-0.4, -0.2) is 111 Å². The van der Waals surface area contributed by atoms with Crippen LogP contribution in [0.15, 0.2) is 12.1 Å². The SMILES string of the molecule is COc1cc([C@@H]2O[C@H](CO[C@@H]3OC[C@](O)(CO)[C@H]3O)[C@@H](O)[C@H](O)[C@H]2O)cc(O)c1C(C)=O. The van der Waals surface area contributed by atoms with Crippen molar-refractivity contribution in [2.24, 2.45) is 0 Å². The molecule has 0 spiro atoms. The van der Waals surface area contributed by atoms with Crippen molar-refractivity contribution < 1.29 is 59.5 Å². The summed E-state index contributed by atoms with van der Waals surface area (Å²) in [5.74, 6) is -0.833. The summed E-state index contributed by atoms with van der Waals surface area (Å²) in [6, 6.07) is 2.54. The van der Waals surface area contributed by atoms with E-state index in [1.54, 1.807) is 0 Å². The minimum atomic E-state index is -1.90. The molecule has 1 aromatic carbocycles. The molecule has 2 heterocycles. The van der Waals surface area contributed by atoms with Gasteiger partial charge in [0.2, 0.25) is 0 Å². The monoisotopic (exact) mass is 460 g/mol. The van der Waals surface area contributed by atoms with Crippen LogP contribution in [0.4, 0.5) is 0 Å². The number of rotatable bonds is 7. The molecule has 0 saturated carbocycles. The molecule has 0 bridgehead atoms. The number of methoxy groups -OCH3 is 1. The first-order valence-corrected chi connectivity index (χ1v) is 9.90. The molecule has 180 valence electrons. The highest BCUT2D eigenvalue weighted by Crippen LogP contribution is 2.38. The summed E-state index contributed by atoms with van der Waals surface area (Å²) in [5.41, 5.74) is -1.80. The molecular weight excluding hydrogens is 432 g/mol. The number of Topliss-reactive ketones (excluding diaryl/α,β-unsaturated/α-hetero) is 1. The van der Waals surface area contributed by atoms with Gasteiger partial charge in [0.15, 0.2) is 12.1 Å². The molecule has 1 aromatic rings. The summed E-state index contributed by atoms with van der Waals surface area (Å²) in [6.07, 6.45) is -10.2. The third kappa shape index (κ3) is 4.46. The first-order valence-electron chi connectivity index (χ1n) is 9.90. The van der Waals surface area contributed by atoms with Crippen LogP contribution >= 0.6 is 0 Å². The Balaban J connectivity index is 1.79. The first-order chi connectivity index (χ1) is 15.0. The summed E-state index contributed by atoms with van der Waals surface area (Å²) in [7, 11) is 1.29. The van der Waals surface area contributed by atoms with Crippen molar-refractivity contribution in [3.8, 4) is 11.5 Å². The Labute approximate surface area is 183 Å². The number of hydrogen-bond donors (Lipinski definition) is 7. The van der Waals surface area contributed by atoms with Crippen molar-refractivity contribution >= 4 is 5.78 Å². The van der Waals surface area contributed by atoms with Crippen molar-refractivity contribution in [1.29, 1.82) is 0 Å². The summed E-state index contributed by atoms with van der Waals surface area (Å²) >= 11 is 0. The smallest absolute Gasteiger partial charge is 0.186 e. The van der Waals surface area contributed by atoms with Crippen molar-refractivity contribution in [1.82, 2.24) is 0 Å². The van der Waals surface area contributed by atoms with Crippen LogP contribution in [0.3, 0.4) is 0 Å². The minimum Gasteiger partial charge on any atom is -0.507 e. The molecule has 7 N–H and O–H groups in total. The molecule has 8 atom stereocenters. The molecule has 0 amide bonds. The first kappa shape index (κ1) is 24.8. The molecule has 12 nitrogen and oxygen atoms in total. The van der Waals surface area contributed by atoms with Crippen molar-refractivity contribution in [2.45, 2.75) is 55.4 Å². The van der Waals surface area contributed by atoms with Gasteiger partial charge in [-0.3, -0.25) is 4.79 Å². The summed E-state index contributed by atoms with van der Waals surface area (Å²) in [5, 5.41) is 70.6. The molecule has 2 fully saturated rings. The van der Waals surface area contributed by atoms with Gasteiger partial charge in [0.05, 0.1) is 26.9 Å². The maximum absolute atomic E-state index is 11.8. The second-order valence-corrected chi connectivity index (χ2v) is 7.96. The fourth-order valence-corrected chi connectivity index (χ4v) is 3.79. The molecule has 32 heavy (non-hydrogen) atoms. The van der Waals surface area contributed by atoms with Gasteiger partial charge < -0.3 is 54.7 Å². The Bertz CT molecular complexity index is 831. The fraction of sp³-hybridized carbons (Fsp3) is 0.650. The van der Waals surface area contributed by atoms with E-state index in [4.69, 9.17) is 18.9 Å². The number of ether oxygens (including phenoxy) is 4. The highest BCUT2D eigenvalue weighted by Gasteiger charge is 2.50. The molecule has 3 rings (SSSR count). The van der Waals surface area contributed by atoms with Crippen LogP contribution in [0.5, 0.6) is 11.5 Å². The molecule has 2 saturated heterocycles. The number of aliphatic hydroxyl groups excluding tert-OH is 5. The van der Waals surface area contributed by atoms with Crippen LogP contribution < -0.4 is 4.74 Å². The van der Waals surface area contributed by atoms with E-state index in [1.807, 2.05) is 0 Å². The molecule has 0 radical (unpaired) electrons. The predicted octanol–water partition coefficient (Wildman–Crippen LogP) is -2.42. The lowest BCUT2D eigenvalue weighted by molar-refractivity contribution is -0.252. The van der Waals surface area contributed by atoms with Crippen molar-refractivity contribution in [3.05, 3.63) is 23.3 Å². The van der Waals surface area contributed by atoms with Crippen molar-refractivity contribution in [3.63, 3.8) is 0 Å².